The molecule has 0 radical (unpaired) electrons. The molecule has 2 aliphatic rings. The minimum absolute atomic E-state index is 0.163. The summed E-state index contributed by atoms with van der Waals surface area (Å²) in [7, 11) is 0. The van der Waals surface area contributed by atoms with Crippen molar-refractivity contribution in [3.05, 3.63) is 53.9 Å². The van der Waals surface area contributed by atoms with Gasteiger partial charge in [0.15, 0.2) is 0 Å². The summed E-state index contributed by atoms with van der Waals surface area (Å²) in [5, 5.41) is 0. The molecular formula is C18H21F. The first kappa shape index (κ1) is 12.7. The average molecular weight is 256 g/mol. The Morgan fingerprint density at radius 3 is 2.32 bits per heavy atom. The second-order valence-corrected chi connectivity index (χ2v) is 5.82. The van der Waals surface area contributed by atoms with E-state index in [1.54, 1.807) is 0 Å². The van der Waals surface area contributed by atoms with E-state index in [-0.39, 0.29) is 5.82 Å². The molecular weight excluding hydrogens is 235 g/mol. The van der Waals surface area contributed by atoms with Gasteiger partial charge in [-0.3, -0.25) is 0 Å². The number of allylic oxidation sites excluding steroid dienone is 4. The van der Waals surface area contributed by atoms with Crippen molar-refractivity contribution >= 4 is 5.57 Å². The summed E-state index contributed by atoms with van der Waals surface area (Å²) < 4.78 is 12.9. The van der Waals surface area contributed by atoms with E-state index in [1.165, 1.54) is 49.8 Å². The summed E-state index contributed by atoms with van der Waals surface area (Å²) in [6.07, 6.45) is 15.1. The molecule has 0 spiro atoms. The molecule has 1 unspecified atom stereocenters. The lowest BCUT2D eigenvalue weighted by molar-refractivity contribution is 0.286. The zero-order valence-electron chi connectivity index (χ0n) is 11.3. The lowest BCUT2D eigenvalue weighted by Gasteiger charge is -2.29. The molecule has 0 aromatic heterocycles. The van der Waals surface area contributed by atoms with Crippen LogP contribution in [0.2, 0.25) is 0 Å². The molecule has 0 nitrogen and oxygen atoms in total. The van der Waals surface area contributed by atoms with E-state index in [2.05, 4.69) is 18.2 Å². The first-order chi connectivity index (χ1) is 9.33. The fourth-order valence-electron chi connectivity index (χ4n) is 3.41. The van der Waals surface area contributed by atoms with Crippen LogP contribution in [0.3, 0.4) is 0 Å². The minimum atomic E-state index is -0.163. The van der Waals surface area contributed by atoms with E-state index in [0.29, 0.717) is 0 Å². The summed E-state index contributed by atoms with van der Waals surface area (Å²) in [6, 6.07) is 6.81. The quantitative estimate of drug-likeness (QED) is 0.667. The fourth-order valence-corrected chi connectivity index (χ4v) is 3.41. The minimum Gasteiger partial charge on any atom is -0.207 e. The standard InChI is InChI=1S/C18H21F/c19-18-12-10-17(11-13-18)16-8-6-15(7-9-16)14-4-2-1-3-5-14/h6,8-15H,1-5,7H2. The van der Waals surface area contributed by atoms with Gasteiger partial charge in [0, 0.05) is 0 Å². The van der Waals surface area contributed by atoms with Gasteiger partial charge in [0.1, 0.15) is 5.82 Å². The van der Waals surface area contributed by atoms with Crippen molar-refractivity contribution in [2.45, 2.75) is 38.5 Å². The summed E-state index contributed by atoms with van der Waals surface area (Å²) in [6.45, 7) is 0. The van der Waals surface area contributed by atoms with Crippen LogP contribution in [0, 0.1) is 17.7 Å². The lowest BCUT2D eigenvalue weighted by atomic mass is 9.76. The maximum Gasteiger partial charge on any atom is 0.123 e. The number of hydrogen-bond acceptors (Lipinski definition) is 0. The van der Waals surface area contributed by atoms with E-state index in [4.69, 9.17) is 0 Å². The molecule has 1 aromatic rings. The van der Waals surface area contributed by atoms with Gasteiger partial charge >= 0.3 is 0 Å². The zero-order chi connectivity index (χ0) is 13.1. The predicted octanol–water partition coefficient (Wildman–Crippen LogP) is 5.37. The molecule has 1 fully saturated rings. The predicted molar refractivity (Wildman–Crippen MR) is 78.2 cm³/mol. The molecule has 0 N–H and O–H groups in total. The fraction of sp³-hybridized carbons (Fsp3) is 0.444. The van der Waals surface area contributed by atoms with Gasteiger partial charge < -0.3 is 0 Å². The van der Waals surface area contributed by atoms with Gasteiger partial charge in [-0.1, -0.05) is 49.6 Å². The zero-order valence-corrected chi connectivity index (χ0v) is 11.3. The summed E-state index contributed by atoms with van der Waals surface area (Å²) in [4.78, 5) is 0. The Hall–Kier alpha value is -1.37. The van der Waals surface area contributed by atoms with E-state index < -0.39 is 0 Å². The van der Waals surface area contributed by atoms with Gasteiger partial charge in [0.25, 0.3) is 0 Å². The third kappa shape index (κ3) is 2.97. The molecule has 0 heterocycles. The molecule has 0 bridgehead atoms. The molecule has 1 aromatic carbocycles. The Kier molecular flexibility index (Phi) is 3.82. The Morgan fingerprint density at radius 2 is 1.68 bits per heavy atom. The largest absolute Gasteiger partial charge is 0.207 e. The van der Waals surface area contributed by atoms with Crippen LogP contribution in [0.5, 0.6) is 0 Å². The van der Waals surface area contributed by atoms with Crippen LogP contribution >= 0.6 is 0 Å². The highest BCUT2D eigenvalue weighted by Crippen LogP contribution is 2.36. The second-order valence-electron chi connectivity index (χ2n) is 5.82. The van der Waals surface area contributed by atoms with Gasteiger partial charge in [0.05, 0.1) is 0 Å². The van der Waals surface area contributed by atoms with E-state index in [9.17, 15) is 4.39 Å². The van der Waals surface area contributed by atoms with Crippen molar-refractivity contribution in [2.24, 2.45) is 11.8 Å². The Morgan fingerprint density at radius 1 is 0.947 bits per heavy atom. The Labute approximate surface area is 115 Å². The molecule has 3 rings (SSSR count). The molecule has 1 saturated carbocycles. The Balaban J connectivity index is 1.67. The van der Waals surface area contributed by atoms with Crippen LogP contribution in [0.4, 0.5) is 4.39 Å². The van der Waals surface area contributed by atoms with Crippen molar-refractivity contribution < 1.29 is 4.39 Å². The second kappa shape index (κ2) is 5.73. The van der Waals surface area contributed by atoms with Gasteiger partial charge in [-0.05, 0) is 54.4 Å². The van der Waals surface area contributed by atoms with Crippen molar-refractivity contribution in [1.82, 2.24) is 0 Å². The molecule has 2 aliphatic carbocycles. The number of rotatable bonds is 2. The normalized spacial score (nSPS) is 24.3. The maximum absolute atomic E-state index is 12.9. The smallest absolute Gasteiger partial charge is 0.123 e. The van der Waals surface area contributed by atoms with Crippen LogP contribution in [0.15, 0.2) is 42.5 Å². The highest BCUT2D eigenvalue weighted by atomic mass is 19.1. The molecule has 1 atom stereocenters. The van der Waals surface area contributed by atoms with Crippen LogP contribution in [-0.2, 0) is 0 Å². The van der Waals surface area contributed by atoms with Crippen molar-refractivity contribution in [1.29, 1.82) is 0 Å². The van der Waals surface area contributed by atoms with E-state index >= 15 is 0 Å². The summed E-state index contributed by atoms with van der Waals surface area (Å²) in [5.74, 6) is 1.45. The van der Waals surface area contributed by atoms with E-state index in [1.807, 2.05) is 12.1 Å². The third-order valence-electron chi connectivity index (χ3n) is 4.57. The first-order valence-electron chi connectivity index (χ1n) is 7.47. The molecule has 19 heavy (non-hydrogen) atoms. The first-order valence-corrected chi connectivity index (χ1v) is 7.47. The van der Waals surface area contributed by atoms with Crippen molar-refractivity contribution in [2.75, 3.05) is 0 Å². The number of hydrogen-bond donors (Lipinski definition) is 0. The molecule has 100 valence electrons. The van der Waals surface area contributed by atoms with Crippen LogP contribution in [-0.4, -0.2) is 0 Å². The summed E-state index contributed by atoms with van der Waals surface area (Å²) in [5.41, 5.74) is 2.37. The monoisotopic (exact) mass is 256 g/mol. The molecule has 0 amide bonds. The topological polar surface area (TPSA) is 0 Å². The van der Waals surface area contributed by atoms with Crippen LogP contribution in [0.1, 0.15) is 44.1 Å². The molecule has 1 heteroatoms. The number of halogens is 1. The van der Waals surface area contributed by atoms with Crippen LogP contribution < -0.4 is 0 Å². The summed E-state index contributed by atoms with van der Waals surface area (Å²) >= 11 is 0. The Bertz CT molecular complexity index is 475. The van der Waals surface area contributed by atoms with Gasteiger partial charge in [0.2, 0.25) is 0 Å². The highest BCUT2D eigenvalue weighted by molar-refractivity contribution is 5.74. The van der Waals surface area contributed by atoms with Crippen molar-refractivity contribution in [3.8, 4) is 0 Å². The highest BCUT2D eigenvalue weighted by Gasteiger charge is 2.22. The third-order valence-corrected chi connectivity index (χ3v) is 4.57. The van der Waals surface area contributed by atoms with Gasteiger partial charge in [-0.25, -0.2) is 4.39 Å². The maximum atomic E-state index is 12.9. The SMILES string of the molecule is Fc1ccc(C2=CCC(C3CCCCC3)C=C2)cc1. The van der Waals surface area contributed by atoms with E-state index in [0.717, 1.165) is 23.8 Å². The lowest BCUT2D eigenvalue weighted by Crippen LogP contribution is -2.17. The average Bonchev–Trinajstić information content (AvgIpc) is 2.49. The number of benzene rings is 1. The molecule has 0 saturated heterocycles. The van der Waals surface area contributed by atoms with Crippen LogP contribution in [0.25, 0.3) is 5.57 Å². The van der Waals surface area contributed by atoms with Crippen molar-refractivity contribution in [3.63, 3.8) is 0 Å². The van der Waals surface area contributed by atoms with Gasteiger partial charge in [-0.2, -0.15) is 0 Å². The molecule has 0 aliphatic heterocycles. The van der Waals surface area contributed by atoms with Gasteiger partial charge in [-0.15, -0.1) is 0 Å².